The van der Waals surface area contributed by atoms with Gasteiger partial charge < -0.3 is 0 Å². The fraction of sp³-hybridized carbons (Fsp3) is 0.333. The highest BCUT2D eigenvalue weighted by Crippen LogP contribution is 2.47. The molecule has 14 heavy (non-hydrogen) atoms. The minimum absolute atomic E-state index is 0.329. The lowest BCUT2D eigenvalue weighted by Crippen LogP contribution is -2.53. The van der Waals surface area contributed by atoms with Crippen molar-refractivity contribution >= 4 is 12.0 Å². The molecule has 0 aromatic heterocycles. The van der Waals surface area contributed by atoms with Gasteiger partial charge in [-0.05, 0) is 5.56 Å². The molecule has 0 unspecified atom stereocenters. The highest BCUT2D eigenvalue weighted by Gasteiger charge is 2.56. The van der Waals surface area contributed by atoms with Gasteiger partial charge in [0.05, 0.1) is 5.41 Å². The summed E-state index contributed by atoms with van der Waals surface area (Å²) < 4.78 is 0. The number of aliphatic imine (C=N–C) groups is 1. The van der Waals surface area contributed by atoms with Gasteiger partial charge in [0.1, 0.15) is 5.78 Å². The summed E-state index contributed by atoms with van der Waals surface area (Å²) in [5.74, 6) is 0.757. The standard InChI is InChI=1S/C12H11NO/c14-11-6-10-7-13-8-12(10,11)9-4-2-1-3-5-9/h1-5,8,10H,6-7H2/t10-,12-/m0/s1. The summed E-state index contributed by atoms with van der Waals surface area (Å²) in [6.45, 7) is 0.820. The summed E-state index contributed by atoms with van der Waals surface area (Å²) in [6.07, 6.45) is 2.56. The second kappa shape index (κ2) is 2.53. The van der Waals surface area contributed by atoms with E-state index in [-0.39, 0.29) is 5.41 Å². The average Bonchev–Trinajstić information content (AvgIpc) is 2.57. The summed E-state index contributed by atoms with van der Waals surface area (Å²) >= 11 is 0. The van der Waals surface area contributed by atoms with E-state index in [0.717, 1.165) is 12.1 Å². The van der Waals surface area contributed by atoms with E-state index in [1.165, 1.54) is 0 Å². The van der Waals surface area contributed by atoms with Crippen molar-refractivity contribution in [1.82, 2.24) is 0 Å². The molecule has 2 aliphatic rings. The Bertz CT molecular complexity index is 410. The van der Waals surface area contributed by atoms with Gasteiger partial charge >= 0.3 is 0 Å². The minimum Gasteiger partial charge on any atom is -0.298 e. The Kier molecular flexibility index (Phi) is 1.43. The monoisotopic (exact) mass is 185 g/mol. The SMILES string of the molecule is O=C1C[C@H]2CN=C[C@@]12c1ccccc1. The molecule has 2 nitrogen and oxygen atoms in total. The first-order valence-electron chi connectivity index (χ1n) is 4.94. The molecule has 1 aromatic carbocycles. The van der Waals surface area contributed by atoms with Crippen LogP contribution in [-0.4, -0.2) is 18.5 Å². The number of nitrogens with zero attached hydrogens (tertiary/aromatic N) is 1. The third-order valence-electron chi connectivity index (χ3n) is 3.41. The van der Waals surface area contributed by atoms with Crippen LogP contribution < -0.4 is 0 Å². The van der Waals surface area contributed by atoms with Crippen LogP contribution in [0.25, 0.3) is 0 Å². The third kappa shape index (κ3) is 0.763. The van der Waals surface area contributed by atoms with Crippen LogP contribution in [0.1, 0.15) is 12.0 Å². The zero-order chi connectivity index (χ0) is 9.60. The van der Waals surface area contributed by atoms with Crippen LogP contribution in [0.5, 0.6) is 0 Å². The summed E-state index contributed by atoms with van der Waals surface area (Å²) in [5.41, 5.74) is 0.767. The fourth-order valence-corrected chi connectivity index (χ4v) is 2.55. The maximum Gasteiger partial charge on any atom is 0.149 e. The topological polar surface area (TPSA) is 29.4 Å². The number of rotatable bonds is 1. The van der Waals surface area contributed by atoms with Gasteiger partial charge in [-0.1, -0.05) is 30.3 Å². The zero-order valence-electron chi connectivity index (χ0n) is 7.81. The first-order chi connectivity index (χ1) is 6.84. The fourth-order valence-electron chi connectivity index (χ4n) is 2.55. The Hall–Kier alpha value is -1.44. The predicted octanol–water partition coefficient (Wildman–Crippen LogP) is 1.60. The van der Waals surface area contributed by atoms with Crippen molar-refractivity contribution in [2.75, 3.05) is 6.54 Å². The Morgan fingerprint density at radius 2 is 2.07 bits per heavy atom. The maximum atomic E-state index is 11.7. The molecule has 2 atom stereocenters. The van der Waals surface area contributed by atoms with E-state index in [2.05, 4.69) is 4.99 Å². The molecule has 0 saturated heterocycles. The van der Waals surface area contributed by atoms with E-state index >= 15 is 0 Å². The molecule has 0 bridgehead atoms. The number of carbonyl (C=O) groups is 1. The average molecular weight is 185 g/mol. The van der Waals surface area contributed by atoms with Gasteiger partial charge in [-0.15, -0.1) is 0 Å². The van der Waals surface area contributed by atoms with Gasteiger partial charge in [0.25, 0.3) is 0 Å². The Labute approximate surface area is 82.7 Å². The molecule has 0 radical (unpaired) electrons. The predicted molar refractivity (Wildman–Crippen MR) is 54.6 cm³/mol. The molecule has 1 aliphatic carbocycles. The molecule has 3 rings (SSSR count). The lowest BCUT2D eigenvalue weighted by molar-refractivity contribution is -0.131. The Morgan fingerprint density at radius 3 is 2.71 bits per heavy atom. The van der Waals surface area contributed by atoms with Crippen molar-refractivity contribution < 1.29 is 4.79 Å². The van der Waals surface area contributed by atoms with Crippen molar-refractivity contribution in [3.8, 4) is 0 Å². The van der Waals surface area contributed by atoms with Crippen LogP contribution in [0.2, 0.25) is 0 Å². The van der Waals surface area contributed by atoms with Crippen molar-refractivity contribution in [3.63, 3.8) is 0 Å². The molecule has 0 spiro atoms. The third-order valence-corrected chi connectivity index (χ3v) is 3.41. The van der Waals surface area contributed by atoms with Crippen LogP contribution in [-0.2, 0) is 10.2 Å². The van der Waals surface area contributed by atoms with Crippen molar-refractivity contribution in [3.05, 3.63) is 35.9 Å². The first-order valence-corrected chi connectivity index (χ1v) is 4.94. The molecular formula is C12H11NO. The molecule has 1 aliphatic heterocycles. The number of hydrogen-bond acceptors (Lipinski definition) is 2. The number of carbonyl (C=O) groups excluding carboxylic acids is 1. The molecule has 2 heteroatoms. The van der Waals surface area contributed by atoms with E-state index < -0.39 is 0 Å². The second-order valence-electron chi connectivity index (χ2n) is 4.05. The smallest absolute Gasteiger partial charge is 0.149 e. The van der Waals surface area contributed by atoms with Crippen LogP contribution in [0.4, 0.5) is 0 Å². The molecule has 1 saturated carbocycles. The van der Waals surface area contributed by atoms with E-state index in [9.17, 15) is 4.79 Å². The molecule has 0 amide bonds. The zero-order valence-corrected chi connectivity index (χ0v) is 7.81. The summed E-state index contributed by atoms with van der Waals surface area (Å²) in [4.78, 5) is 16.0. The van der Waals surface area contributed by atoms with Gasteiger partial charge in [-0.2, -0.15) is 0 Å². The number of Topliss-reactive ketones (excluding diaryl/α,β-unsaturated/α-hetero) is 1. The number of benzene rings is 1. The molecule has 1 heterocycles. The van der Waals surface area contributed by atoms with E-state index in [0.29, 0.717) is 18.1 Å². The van der Waals surface area contributed by atoms with Crippen molar-refractivity contribution in [1.29, 1.82) is 0 Å². The van der Waals surface area contributed by atoms with Crippen molar-refractivity contribution in [2.24, 2.45) is 10.9 Å². The van der Waals surface area contributed by atoms with Gasteiger partial charge in [0, 0.05) is 25.1 Å². The first kappa shape index (κ1) is 7.92. The molecule has 0 N–H and O–H groups in total. The van der Waals surface area contributed by atoms with E-state index in [4.69, 9.17) is 0 Å². The summed E-state index contributed by atoms with van der Waals surface area (Å²) in [7, 11) is 0. The lowest BCUT2D eigenvalue weighted by Gasteiger charge is -2.41. The van der Waals surface area contributed by atoms with Crippen LogP contribution in [0.15, 0.2) is 35.3 Å². The molecule has 70 valence electrons. The largest absolute Gasteiger partial charge is 0.298 e. The quantitative estimate of drug-likeness (QED) is 0.653. The summed E-state index contributed by atoms with van der Waals surface area (Å²) in [5, 5.41) is 0. The summed E-state index contributed by atoms with van der Waals surface area (Å²) in [6, 6.07) is 10.0. The number of fused-ring (bicyclic) bond motifs is 1. The highest BCUT2D eigenvalue weighted by atomic mass is 16.1. The molecular weight excluding hydrogens is 174 g/mol. The van der Waals surface area contributed by atoms with Crippen LogP contribution >= 0.6 is 0 Å². The molecule has 1 aromatic rings. The van der Waals surface area contributed by atoms with E-state index in [1.54, 1.807) is 0 Å². The van der Waals surface area contributed by atoms with Crippen LogP contribution in [0, 0.1) is 5.92 Å². The van der Waals surface area contributed by atoms with Gasteiger partial charge in [-0.25, -0.2) is 0 Å². The Morgan fingerprint density at radius 1 is 1.29 bits per heavy atom. The number of hydrogen-bond donors (Lipinski definition) is 0. The Balaban J connectivity index is 2.12. The van der Waals surface area contributed by atoms with Gasteiger partial charge in [-0.3, -0.25) is 9.79 Å². The maximum absolute atomic E-state index is 11.7. The second-order valence-corrected chi connectivity index (χ2v) is 4.05. The van der Waals surface area contributed by atoms with Gasteiger partial charge in [0.2, 0.25) is 0 Å². The van der Waals surface area contributed by atoms with E-state index in [1.807, 2.05) is 36.5 Å². The highest BCUT2D eigenvalue weighted by molar-refractivity contribution is 6.12. The normalized spacial score (nSPS) is 34.0. The van der Waals surface area contributed by atoms with Crippen molar-refractivity contribution in [2.45, 2.75) is 11.8 Å². The lowest BCUT2D eigenvalue weighted by atomic mass is 9.58. The van der Waals surface area contributed by atoms with Gasteiger partial charge in [0.15, 0.2) is 0 Å². The number of ketones is 1. The molecule has 1 fully saturated rings. The van der Waals surface area contributed by atoms with Crippen LogP contribution in [0.3, 0.4) is 0 Å². The minimum atomic E-state index is -0.346.